The number of aromatic nitrogens is 2. The largest absolute Gasteiger partial charge is 0.490 e. The number of amides is 1. The summed E-state index contributed by atoms with van der Waals surface area (Å²) in [6, 6.07) is 7.61. The van der Waals surface area contributed by atoms with Crippen LogP contribution in [0.5, 0.6) is 0 Å². The Morgan fingerprint density at radius 1 is 1.21 bits per heavy atom. The summed E-state index contributed by atoms with van der Waals surface area (Å²) in [4.78, 5) is 31.3. The Hall–Kier alpha value is -3.28. The van der Waals surface area contributed by atoms with E-state index in [4.69, 9.17) is 14.6 Å². The third kappa shape index (κ3) is 6.60. The van der Waals surface area contributed by atoms with Crippen molar-refractivity contribution in [2.75, 3.05) is 31.6 Å². The summed E-state index contributed by atoms with van der Waals surface area (Å²) in [5.74, 6) is -2.25. The summed E-state index contributed by atoms with van der Waals surface area (Å²) >= 11 is 0. The zero-order valence-corrected chi connectivity index (χ0v) is 17.4. The summed E-state index contributed by atoms with van der Waals surface area (Å²) in [6.07, 6.45) is 0.282. The number of hydrogen-bond acceptors (Lipinski definition) is 6. The van der Waals surface area contributed by atoms with Crippen LogP contribution in [0.3, 0.4) is 0 Å². The van der Waals surface area contributed by atoms with Crippen LogP contribution in [0.25, 0.3) is 0 Å². The van der Waals surface area contributed by atoms with Crippen molar-refractivity contribution in [2.24, 2.45) is 5.92 Å². The van der Waals surface area contributed by atoms with Gasteiger partial charge in [-0.25, -0.2) is 19.2 Å². The minimum Gasteiger partial charge on any atom is -0.475 e. The number of carbonyl (C=O) groups excluding carboxylic acids is 1. The Balaban J connectivity index is 0.000000383. The molecule has 1 unspecified atom stereocenters. The van der Waals surface area contributed by atoms with Crippen LogP contribution in [0, 0.1) is 11.7 Å². The molecule has 1 aromatic carbocycles. The molecule has 0 bridgehead atoms. The Morgan fingerprint density at radius 3 is 2.42 bits per heavy atom. The molecule has 0 aliphatic carbocycles. The van der Waals surface area contributed by atoms with Gasteiger partial charge >= 0.3 is 12.1 Å². The van der Waals surface area contributed by atoms with Crippen LogP contribution in [0.15, 0.2) is 42.7 Å². The van der Waals surface area contributed by atoms with Crippen molar-refractivity contribution in [3.05, 3.63) is 54.1 Å². The second-order valence-corrected chi connectivity index (χ2v) is 7.83. The van der Waals surface area contributed by atoms with E-state index in [1.165, 1.54) is 12.1 Å². The molecule has 2 aliphatic heterocycles. The van der Waals surface area contributed by atoms with Crippen molar-refractivity contribution < 1.29 is 37.0 Å². The number of halogens is 4. The molecule has 2 aliphatic rings. The lowest BCUT2D eigenvalue weighted by molar-refractivity contribution is -0.192. The molecule has 12 heteroatoms. The van der Waals surface area contributed by atoms with E-state index in [0.717, 1.165) is 19.4 Å². The van der Waals surface area contributed by atoms with Gasteiger partial charge in [-0.15, -0.1) is 0 Å². The summed E-state index contributed by atoms with van der Waals surface area (Å²) in [5.41, 5.74) is 0.156. The second-order valence-electron chi connectivity index (χ2n) is 7.83. The number of carboxylic acids is 1. The molecule has 178 valence electrons. The second kappa shape index (κ2) is 10.1. The van der Waals surface area contributed by atoms with Crippen molar-refractivity contribution in [1.82, 2.24) is 14.9 Å². The maximum atomic E-state index is 13.3. The molecule has 2 fully saturated rings. The average Bonchev–Trinajstić information content (AvgIpc) is 2.76. The Morgan fingerprint density at radius 2 is 1.88 bits per heavy atom. The molecule has 33 heavy (non-hydrogen) atoms. The molecule has 0 radical (unpaired) electrons. The van der Waals surface area contributed by atoms with Gasteiger partial charge in [0.25, 0.3) is 5.91 Å². The van der Waals surface area contributed by atoms with Crippen molar-refractivity contribution >= 4 is 17.8 Å². The van der Waals surface area contributed by atoms with Gasteiger partial charge < -0.3 is 20.1 Å². The SMILES string of the molecule is O=C(O)C(F)(F)F.O=C(c1cccc(F)c1)N1CC2(CCC(CNc3ncccn3)CO2)C1. The van der Waals surface area contributed by atoms with Crippen molar-refractivity contribution in [1.29, 1.82) is 0 Å². The first-order chi connectivity index (χ1) is 15.6. The number of nitrogens with zero attached hydrogens (tertiary/aromatic N) is 3. The van der Waals surface area contributed by atoms with Gasteiger partial charge in [0.1, 0.15) is 11.4 Å². The Labute approximate surface area is 186 Å². The number of likely N-dealkylation sites (tertiary alicyclic amines) is 1. The average molecular weight is 470 g/mol. The molecular formula is C21H22F4N4O4. The maximum absolute atomic E-state index is 13.3. The molecule has 4 rings (SSSR count). The normalized spacial score (nSPS) is 19.2. The smallest absolute Gasteiger partial charge is 0.475 e. The van der Waals surface area contributed by atoms with E-state index in [9.17, 15) is 22.4 Å². The van der Waals surface area contributed by atoms with Gasteiger partial charge in [-0.1, -0.05) is 6.07 Å². The number of hydrogen-bond donors (Lipinski definition) is 2. The molecule has 2 N–H and O–H groups in total. The summed E-state index contributed by atoms with van der Waals surface area (Å²) < 4.78 is 51.1. The number of carboxylic acid groups (broad SMARTS) is 1. The van der Waals surface area contributed by atoms with E-state index >= 15 is 0 Å². The van der Waals surface area contributed by atoms with Crippen LogP contribution in [-0.4, -0.2) is 69.9 Å². The molecule has 2 saturated heterocycles. The Bertz CT molecular complexity index is 958. The minimum absolute atomic E-state index is 0.135. The fourth-order valence-corrected chi connectivity index (χ4v) is 3.55. The first kappa shape index (κ1) is 24.4. The van der Waals surface area contributed by atoms with Crippen molar-refractivity contribution in [3.8, 4) is 0 Å². The number of aliphatic carboxylic acids is 1. The number of benzene rings is 1. The van der Waals surface area contributed by atoms with Crippen LogP contribution in [0.4, 0.5) is 23.5 Å². The standard InChI is InChI=1S/C19H21FN4O2.C2HF3O2/c20-16-4-1-3-15(9-16)17(25)24-12-19(13-24)6-5-14(11-26-19)10-23-18-21-7-2-8-22-18;3-2(4,5)1(6)7/h1-4,7-9,14H,5-6,10-13H2,(H,21,22,23);(H,6,7). The fourth-order valence-electron chi connectivity index (χ4n) is 3.55. The molecule has 8 nitrogen and oxygen atoms in total. The van der Waals surface area contributed by atoms with E-state index < -0.39 is 18.0 Å². The molecule has 2 aromatic rings. The van der Waals surface area contributed by atoms with Gasteiger partial charge in [0, 0.05) is 24.5 Å². The lowest BCUT2D eigenvalue weighted by Gasteiger charge is -2.52. The van der Waals surface area contributed by atoms with Gasteiger partial charge in [0.2, 0.25) is 5.95 Å². The van der Waals surface area contributed by atoms with Gasteiger partial charge in [0.05, 0.1) is 19.7 Å². The van der Waals surface area contributed by atoms with Gasteiger partial charge in [-0.2, -0.15) is 13.2 Å². The van der Waals surface area contributed by atoms with E-state index in [0.29, 0.717) is 37.1 Å². The van der Waals surface area contributed by atoms with Gasteiger partial charge in [-0.3, -0.25) is 4.79 Å². The zero-order valence-electron chi connectivity index (χ0n) is 17.4. The highest BCUT2D eigenvalue weighted by atomic mass is 19.4. The third-order valence-electron chi connectivity index (χ3n) is 5.31. The van der Waals surface area contributed by atoms with E-state index in [-0.39, 0.29) is 11.5 Å². The van der Waals surface area contributed by atoms with Crippen LogP contribution in [0.1, 0.15) is 23.2 Å². The first-order valence-corrected chi connectivity index (χ1v) is 10.1. The molecule has 1 amide bonds. The predicted molar refractivity (Wildman–Crippen MR) is 108 cm³/mol. The van der Waals surface area contributed by atoms with Gasteiger partial charge in [0.15, 0.2) is 0 Å². The number of nitrogens with one attached hydrogen (secondary N) is 1. The van der Waals surface area contributed by atoms with Crippen LogP contribution < -0.4 is 5.32 Å². The molecule has 1 atom stereocenters. The van der Waals surface area contributed by atoms with E-state index in [2.05, 4.69) is 15.3 Å². The number of carbonyl (C=O) groups is 2. The molecule has 1 aromatic heterocycles. The minimum atomic E-state index is -5.08. The fraction of sp³-hybridized carbons (Fsp3) is 0.429. The first-order valence-electron chi connectivity index (χ1n) is 10.1. The van der Waals surface area contributed by atoms with E-state index in [1.807, 2.05) is 0 Å². The topological polar surface area (TPSA) is 105 Å². The van der Waals surface area contributed by atoms with E-state index in [1.54, 1.807) is 35.5 Å². The lowest BCUT2D eigenvalue weighted by atomic mass is 9.82. The summed E-state index contributed by atoms with van der Waals surface area (Å²) in [5, 5.41) is 10.4. The highest BCUT2D eigenvalue weighted by Crippen LogP contribution is 2.36. The highest BCUT2D eigenvalue weighted by Gasteiger charge is 2.48. The zero-order chi connectivity index (χ0) is 24.1. The summed E-state index contributed by atoms with van der Waals surface area (Å²) in [6.45, 7) is 2.57. The molecule has 1 spiro atoms. The monoisotopic (exact) mass is 470 g/mol. The van der Waals surface area contributed by atoms with Crippen molar-refractivity contribution in [2.45, 2.75) is 24.6 Å². The molecule has 3 heterocycles. The maximum Gasteiger partial charge on any atom is 0.490 e. The number of rotatable bonds is 4. The summed E-state index contributed by atoms with van der Waals surface area (Å²) in [7, 11) is 0. The molecular weight excluding hydrogens is 448 g/mol. The molecule has 0 saturated carbocycles. The predicted octanol–water partition coefficient (Wildman–Crippen LogP) is 2.98. The lowest BCUT2D eigenvalue weighted by Crippen LogP contribution is -2.66. The Kier molecular flexibility index (Phi) is 7.46. The third-order valence-corrected chi connectivity index (χ3v) is 5.31. The van der Waals surface area contributed by atoms with Crippen molar-refractivity contribution in [3.63, 3.8) is 0 Å². The quantitative estimate of drug-likeness (QED) is 0.662. The van der Waals surface area contributed by atoms with Crippen LogP contribution in [-0.2, 0) is 9.53 Å². The highest BCUT2D eigenvalue weighted by molar-refractivity contribution is 5.95. The van der Waals surface area contributed by atoms with Crippen LogP contribution >= 0.6 is 0 Å². The number of ether oxygens (including phenoxy) is 1. The van der Waals surface area contributed by atoms with Gasteiger partial charge in [-0.05, 0) is 43.0 Å². The number of alkyl halides is 3. The number of anilines is 1. The van der Waals surface area contributed by atoms with Crippen LogP contribution in [0.2, 0.25) is 0 Å².